The fourth-order valence-corrected chi connectivity index (χ4v) is 0.996. The molecular weight excluding hydrogens is 208 g/mol. The summed E-state index contributed by atoms with van der Waals surface area (Å²) in [4.78, 5) is 19.1. The van der Waals surface area contributed by atoms with Gasteiger partial charge in [-0.3, -0.25) is 0 Å². The third-order valence-electron chi connectivity index (χ3n) is 1.83. The Morgan fingerprint density at radius 2 is 1.12 bits per heavy atom. The average Bonchev–Trinajstić information content (AvgIpc) is 2.23. The molecule has 0 aromatic rings. The molecule has 0 aromatic carbocycles. The molecule has 0 amide bonds. The smallest absolute Gasteiger partial charge is 0.328 e. The molecule has 16 heavy (non-hydrogen) atoms. The molecule has 2 N–H and O–H groups in total. The van der Waals surface area contributed by atoms with Gasteiger partial charge in [0.05, 0.1) is 0 Å². The summed E-state index contributed by atoms with van der Waals surface area (Å²) in [7, 11) is 0. The number of hydrogen-bond acceptors (Lipinski definition) is 2. The molecular formula is C12H22O4. The van der Waals surface area contributed by atoms with Crippen molar-refractivity contribution < 1.29 is 19.8 Å². The van der Waals surface area contributed by atoms with Crippen molar-refractivity contribution in [2.75, 3.05) is 0 Å². The van der Waals surface area contributed by atoms with Gasteiger partial charge >= 0.3 is 11.9 Å². The Morgan fingerprint density at radius 1 is 0.812 bits per heavy atom. The molecule has 0 radical (unpaired) electrons. The standard InChI is InChI=1S/C8H18.C4H4O4/c1-3-5-7-8-6-4-2;5-3(6)1-2-4(7)8/h3-8H2,1-2H3;1-2H,(H,5,6)(H,7,8). The predicted octanol–water partition coefficient (Wildman–Crippen LogP) is 3.08. The zero-order chi connectivity index (χ0) is 12.8. The zero-order valence-corrected chi connectivity index (χ0v) is 10.1. The Labute approximate surface area is 97.0 Å². The van der Waals surface area contributed by atoms with Gasteiger partial charge < -0.3 is 10.2 Å². The molecule has 0 spiro atoms. The van der Waals surface area contributed by atoms with Crippen LogP contribution in [-0.2, 0) is 9.59 Å². The second-order valence-electron chi connectivity index (χ2n) is 3.42. The quantitative estimate of drug-likeness (QED) is 0.520. The maximum Gasteiger partial charge on any atom is 0.328 e. The first kappa shape index (κ1) is 17.1. The van der Waals surface area contributed by atoms with Crippen LogP contribution >= 0.6 is 0 Å². The third-order valence-corrected chi connectivity index (χ3v) is 1.83. The van der Waals surface area contributed by atoms with E-state index in [4.69, 9.17) is 10.2 Å². The highest BCUT2D eigenvalue weighted by atomic mass is 16.4. The van der Waals surface area contributed by atoms with E-state index in [1.807, 2.05) is 0 Å². The zero-order valence-electron chi connectivity index (χ0n) is 10.1. The van der Waals surface area contributed by atoms with Crippen molar-refractivity contribution in [2.24, 2.45) is 0 Å². The van der Waals surface area contributed by atoms with E-state index >= 15 is 0 Å². The van der Waals surface area contributed by atoms with Crippen molar-refractivity contribution in [2.45, 2.75) is 52.4 Å². The van der Waals surface area contributed by atoms with Crippen LogP contribution < -0.4 is 0 Å². The van der Waals surface area contributed by atoms with E-state index in [9.17, 15) is 9.59 Å². The summed E-state index contributed by atoms with van der Waals surface area (Å²) in [6.45, 7) is 4.51. The molecule has 0 aromatic heterocycles. The Bertz CT molecular complexity index is 187. The maximum atomic E-state index is 9.55. The second kappa shape index (κ2) is 13.7. The molecule has 0 saturated carbocycles. The van der Waals surface area contributed by atoms with Crippen LogP contribution in [0.15, 0.2) is 12.2 Å². The average molecular weight is 230 g/mol. The van der Waals surface area contributed by atoms with Crippen molar-refractivity contribution in [3.63, 3.8) is 0 Å². The molecule has 0 aliphatic rings. The highest BCUT2D eigenvalue weighted by Crippen LogP contribution is 2.03. The van der Waals surface area contributed by atoms with Crippen molar-refractivity contribution in [3.8, 4) is 0 Å². The number of carboxylic acids is 2. The van der Waals surface area contributed by atoms with E-state index in [0.29, 0.717) is 12.2 Å². The van der Waals surface area contributed by atoms with Crippen LogP contribution in [0.1, 0.15) is 52.4 Å². The van der Waals surface area contributed by atoms with E-state index in [0.717, 1.165) is 0 Å². The Balaban J connectivity index is 0. The van der Waals surface area contributed by atoms with Crippen LogP contribution in [0.5, 0.6) is 0 Å². The molecule has 0 aliphatic carbocycles. The number of hydrogen-bond donors (Lipinski definition) is 2. The fraction of sp³-hybridized carbons (Fsp3) is 0.667. The number of carboxylic acid groups (broad SMARTS) is 2. The van der Waals surface area contributed by atoms with Gasteiger partial charge in [-0.05, 0) is 0 Å². The molecule has 0 atom stereocenters. The first-order valence-electron chi connectivity index (χ1n) is 5.68. The lowest BCUT2D eigenvalue weighted by atomic mass is 10.1. The van der Waals surface area contributed by atoms with E-state index in [1.165, 1.54) is 38.5 Å². The van der Waals surface area contributed by atoms with Crippen molar-refractivity contribution in [3.05, 3.63) is 12.2 Å². The number of carbonyl (C=O) groups is 2. The molecule has 0 bridgehead atoms. The summed E-state index contributed by atoms with van der Waals surface area (Å²) < 4.78 is 0. The highest BCUT2D eigenvalue weighted by molar-refractivity contribution is 5.89. The van der Waals surface area contributed by atoms with Crippen molar-refractivity contribution in [1.29, 1.82) is 0 Å². The Morgan fingerprint density at radius 3 is 1.31 bits per heavy atom. The Hall–Kier alpha value is -1.32. The SMILES string of the molecule is CCCCCCCC.O=C(O)C=CC(=O)O. The van der Waals surface area contributed by atoms with E-state index in [2.05, 4.69) is 13.8 Å². The molecule has 4 heteroatoms. The molecule has 0 aliphatic heterocycles. The van der Waals surface area contributed by atoms with Gasteiger partial charge in [0.25, 0.3) is 0 Å². The summed E-state index contributed by atoms with van der Waals surface area (Å²) in [5, 5.41) is 15.6. The predicted molar refractivity (Wildman–Crippen MR) is 63.5 cm³/mol. The van der Waals surface area contributed by atoms with Gasteiger partial charge in [-0.25, -0.2) is 9.59 Å². The van der Waals surface area contributed by atoms with E-state index in [1.54, 1.807) is 0 Å². The van der Waals surface area contributed by atoms with E-state index in [-0.39, 0.29) is 0 Å². The van der Waals surface area contributed by atoms with Crippen LogP contribution in [0.2, 0.25) is 0 Å². The summed E-state index contributed by atoms with van der Waals surface area (Å²) in [6.07, 6.45) is 9.60. The molecule has 0 fully saturated rings. The molecule has 0 saturated heterocycles. The van der Waals surface area contributed by atoms with Gasteiger partial charge in [0.1, 0.15) is 0 Å². The van der Waals surface area contributed by atoms with Gasteiger partial charge in [0, 0.05) is 12.2 Å². The molecule has 94 valence electrons. The van der Waals surface area contributed by atoms with Gasteiger partial charge in [0.2, 0.25) is 0 Å². The molecule has 4 nitrogen and oxygen atoms in total. The molecule has 0 unspecified atom stereocenters. The van der Waals surface area contributed by atoms with Crippen molar-refractivity contribution in [1.82, 2.24) is 0 Å². The lowest BCUT2D eigenvalue weighted by Gasteiger charge is -1.93. The minimum atomic E-state index is -1.26. The molecule has 0 rings (SSSR count). The lowest BCUT2D eigenvalue weighted by Crippen LogP contribution is -1.91. The van der Waals surface area contributed by atoms with Gasteiger partial charge in [-0.2, -0.15) is 0 Å². The van der Waals surface area contributed by atoms with Gasteiger partial charge in [-0.15, -0.1) is 0 Å². The van der Waals surface area contributed by atoms with Crippen LogP contribution in [0, 0.1) is 0 Å². The summed E-state index contributed by atoms with van der Waals surface area (Å²) in [5.41, 5.74) is 0. The minimum absolute atomic E-state index is 0.558. The summed E-state index contributed by atoms with van der Waals surface area (Å²) >= 11 is 0. The van der Waals surface area contributed by atoms with Crippen LogP contribution in [0.3, 0.4) is 0 Å². The first-order valence-corrected chi connectivity index (χ1v) is 5.68. The summed E-state index contributed by atoms with van der Waals surface area (Å²) in [5.74, 6) is -2.51. The molecule has 0 heterocycles. The minimum Gasteiger partial charge on any atom is -0.478 e. The van der Waals surface area contributed by atoms with Gasteiger partial charge in [0.15, 0.2) is 0 Å². The third kappa shape index (κ3) is 23.0. The number of aliphatic carboxylic acids is 2. The first-order chi connectivity index (χ1) is 7.54. The van der Waals surface area contributed by atoms with E-state index < -0.39 is 11.9 Å². The van der Waals surface area contributed by atoms with Crippen LogP contribution in [0.25, 0.3) is 0 Å². The van der Waals surface area contributed by atoms with Crippen LogP contribution in [-0.4, -0.2) is 22.2 Å². The van der Waals surface area contributed by atoms with Gasteiger partial charge in [-0.1, -0.05) is 52.4 Å². The maximum absolute atomic E-state index is 9.55. The van der Waals surface area contributed by atoms with Crippen molar-refractivity contribution >= 4 is 11.9 Å². The second-order valence-corrected chi connectivity index (χ2v) is 3.42. The normalized spacial score (nSPS) is 9.62. The lowest BCUT2D eigenvalue weighted by molar-refractivity contribution is -0.134. The topological polar surface area (TPSA) is 74.6 Å². The highest BCUT2D eigenvalue weighted by Gasteiger charge is 1.88. The number of rotatable bonds is 7. The van der Waals surface area contributed by atoms with Crippen LogP contribution in [0.4, 0.5) is 0 Å². The number of unbranched alkanes of at least 4 members (excludes halogenated alkanes) is 5. The largest absolute Gasteiger partial charge is 0.478 e. The monoisotopic (exact) mass is 230 g/mol. The summed E-state index contributed by atoms with van der Waals surface area (Å²) in [6, 6.07) is 0. The fourth-order valence-electron chi connectivity index (χ4n) is 0.996. The Kier molecular flexibility index (Phi) is 14.6.